The van der Waals surface area contributed by atoms with Gasteiger partial charge in [-0.15, -0.1) is 11.3 Å². The van der Waals surface area contributed by atoms with Gasteiger partial charge in [0.1, 0.15) is 10.5 Å². The zero-order valence-electron chi connectivity index (χ0n) is 10.6. The molecule has 0 atom stereocenters. The third kappa shape index (κ3) is 2.16. The summed E-state index contributed by atoms with van der Waals surface area (Å²) in [6.07, 6.45) is 0. The van der Waals surface area contributed by atoms with E-state index in [2.05, 4.69) is 20.4 Å². The van der Waals surface area contributed by atoms with Gasteiger partial charge in [-0.3, -0.25) is 0 Å². The van der Waals surface area contributed by atoms with Crippen molar-refractivity contribution in [3.63, 3.8) is 0 Å². The molecule has 3 aromatic heterocycles. The van der Waals surface area contributed by atoms with Crippen molar-refractivity contribution in [3.8, 4) is 11.5 Å². The van der Waals surface area contributed by atoms with E-state index in [1.807, 2.05) is 38.1 Å². The molecule has 0 aliphatic carbocycles. The van der Waals surface area contributed by atoms with Gasteiger partial charge in [-0.2, -0.15) is 0 Å². The van der Waals surface area contributed by atoms with Crippen LogP contribution in [0.4, 0.5) is 5.82 Å². The third-order valence-electron chi connectivity index (χ3n) is 2.77. The Morgan fingerprint density at radius 2 is 2.00 bits per heavy atom. The van der Waals surface area contributed by atoms with Crippen molar-refractivity contribution in [2.24, 2.45) is 5.84 Å². The normalized spacial score (nSPS) is 10.9. The molecule has 0 spiro atoms. The van der Waals surface area contributed by atoms with E-state index in [4.69, 9.17) is 5.84 Å². The molecule has 0 aliphatic heterocycles. The lowest BCUT2D eigenvalue weighted by Gasteiger charge is -2.05. The topological polar surface area (TPSA) is 76.7 Å². The molecular formula is C13H13N5S. The average molecular weight is 271 g/mol. The lowest BCUT2D eigenvalue weighted by Crippen LogP contribution is -2.10. The van der Waals surface area contributed by atoms with Gasteiger partial charge in [-0.05, 0) is 32.0 Å². The van der Waals surface area contributed by atoms with Gasteiger partial charge >= 0.3 is 0 Å². The van der Waals surface area contributed by atoms with Crippen LogP contribution in [0.2, 0.25) is 0 Å². The van der Waals surface area contributed by atoms with Crippen LogP contribution < -0.4 is 11.3 Å². The molecule has 0 saturated heterocycles. The van der Waals surface area contributed by atoms with Crippen molar-refractivity contribution in [1.82, 2.24) is 15.0 Å². The van der Waals surface area contributed by atoms with Crippen LogP contribution in [0.25, 0.3) is 21.7 Å². The molecule has 6 heteroatoms. The van der Waals surface area contributed by atoms with Crippen LogP contribution in [-0.4, -0.2) is 15.0 Å². The van der Waals surface area contributed by atoms with E-state index < -0.39 is 0 Å². The smallest absolute Gasteiger partial charge is 0.181 e. The zero-order chi connectivity index (χ0) is 13.4. The molecule has 0 amide bonds. The van der Waals surface area contributed by atoms with Gasteiger partial charge < -0.3 is 5.43 Å². The molecule has 19 heavy (non-hydrogen) atoms. The molecule has 3 heterocycles. The average Bonchev–Trinajstić information content (AvgIpc) is 2.77. The molecule has 3 aromatic rings. The predicted molar refractivity (Wildman–Crippen MR) is 77.9 cm³/mol. The highest BCUT2D eigenvalue weighted by Gasteiger charge is 2.11. The Morgan fingerprint density at radius 3 is 2.74 bits per heavy atom. The molecule has 0 aromatic carbocycles. The number of anilines is 1. The summed E-state index contributed by atoms with van der Waals surface area (Å²) in [5, 5.41) is 0.946. The van der Waals surface area contributed by atoms with E-state index in [1.54, 1.807) is 11.3 Å². The molecule has 3 N–H and O–H groups in total. The number of hydrazine groups is 1. The number of nitrogens with zero attached hydrogens (tertiary/aromatic N) is 3. The fraction of sp³-hybridized carbons (Fsp3) is 0.154. The van der Waals surface area contributed by atoms with Crippen LogP contribution in [0, 0.1) is 13.8 Å². The van der Waals surface area contributed by atoms with Crippen LogP contribution in [0.5, 0.6) is 0 Å². The zero-order valence-corrected chi connectivity index (χ0v) is 11.5. The molecule has 0 radical (unpaired) electrons. The van der Waals surface area contributed by atoms with E-state index in [0.717, 1.165) is 21.6 Å². The van der Waals surface area contributed by atoms with Gasteiger partial charge in [0, 0.05) is 10.6 Å². The second kappa shape index (κ2) is 4.56. The molecule has 0 aliphatic rings. The minimum absolute atomic E-state index is 0.589. The largest absolute Gasteiger partial charge is 0.308 e. The minimum atomic E-state index is 0.589. The highest BCUT2D eigenvalue weighted by Crippen LogP contribution is 2.30. The number of thiophene rings is 1. The van der Waals surface area contributed by atoms with Gasteiger partial charge in [0.25, 0.3) is 0 Å². The number of hydrogen-bond acceptors (Lipinski definition) is 6. The number of fused-ring (bicyclic) bond motifs is 1. The van der Waals surface area contributed by atoms with E-state index in [9.17, 15) is 0 Å². The van der Waals surface area contributed by atoms with Crippen molar-refractivity contribution < 1.29 is 0 Å². The van der Waals surface area contributed by atoms with E-state index in [1.165, 1.54) is 4.88 Å². The third-order valence-corrected chi connectivity index (χ3v) is 3.71. The van der Waals surface area contributed by atoms with Crippen LogP contribution in [0.3, 0.4) is 0 Å². The Hall–Kier alpha value is -2.05. The molecule has 0 fully saturated rings. The summed E-state index contributed by atoms with van der Waals surface area (Å²) in [6.45, 7) is 3.98. The number of aryl methyl sites for hydroxylation is 2. The Balaban J connectivity index is 2.24. The highest BCUT2D eigenvalue weighted by atomic mass is 32.1. The SMILES string of the molecule is Cc1cccc(-c2nc(NN)c3cc(C)sc3n2)n1. The first-order valence-corrected chi connectivity index (χ1v) is 6.68. The monoisotopic (exact) mass is 271 g/mol. The summed E-state index contributed by atoms with van der Waals surface area (Å²) in [7, 11) is 0. The number of nitrogens with two attached hydrogens (primary N) is 1. The fourth-order valence-corrected chi connectivity index (χ4v) is 2.81. The number of aromatic nitrogens is 3. The fourth-order valence-electron chi connectivity index (χ4n) is 1.93. The highest BCUT2D eigenvalue weighted by molar-refractivity contribution is 7.18. The standard InChI is InChI=1S/C13H13N5S/c1-7-4-3-5-10(15-7)12-16-11(18-14)9-6-8(2)19-13(9)17-12/h3-6H,14H2,1-2H3,(H,16,17,18). The molecule has 5 nitrogen and oxygen atoms in total. The predicted octanol–water partition coefficient (Wildman–Crippen LogP) is 2.66. The summed E-state index contributed by atoms with van der Waals surface area (Å²) in [4.78, 5) is 15.5. The summed E-state index contributed by atoms with van der Waals surface area (Å²) < 4.78 is 0. The quantitative estimate of drug-likeness (QED) is 0.553. The van der Waals surface area contributed by atoms with Gasteiger partial charge in [0.2, 0.25) is 0 Å². The molecule has 0 unspecified atom stereocenters. The first kappa shape index (κ1) is 12.0. The van der Waals surface area contributed by atoms with Crippen molar-refractivity contribution in [2.75, 3.05) is 5.43 Å². The maximum absolute atomic E-state index is 5.55. The van der Waals surface area contributed by atoms with Crippen LogP contribution in [0.15, 0.2) is 24.3 Å². The minimum Gasteiger partial charge on any atom is -0.308 e. The Bertz CT molecular complexity index is 750. The first-order chi connectivity index (χ1) is 9.17. The van der Waals surface area contributed by atoms with Gasteiger partial charge in [-0.25, -0.2) is 20.8 Å². The number of rotatable bonds is 2. The summed E-state index contributed by atoms with van der Waals surface area (Å²) in [6, 6.07) is 7.82. The number of nitrogen functional groups attached to an aromatic ring is 1. The maximum Gasteiger partial charge on any atom is 0.181 e. The number of hydrogen-bond donors (Lipinski definition) is 2. The summed E-state index contributed by atoms with van der Waals surface area (Å²) in [5.41, 5.74) is 4.33. The van der Waals surface area contributed by atoms with Crippen molar-refractivity contribution in [1.29, 1.82) is 0 Å². The molecule has 0 saturated carbocycles. The van der Waals surface area contributed by atoms with Crippen molar-refractivity contribution >= 4 is 27.4 Å². The van der Waals surface area contributed by atoms with E-state index in [0.29, 0.717) is 11.6 Å². The number of pyridine rings is 1. The van der Waals surface area contributed by atoms with Gasteiger partial charge in [0.05, 0.1) is 5.39 Å². The van der Waals surface area contributed by atoms with Gasteiger partial charge in [-0.1, -0.05) is 6.07 Å². The molecule has 96 valence electrons. The van der Waals surface area contributed by atoms with E-state index in [-0.39, 0.29) is 0 Å². The lowest BCUT2D eigenvalue weighted by atomic mass is 10.3. The van der Waals surface area contributed by atoms with Crippen molar-refractivity contribution in [3.05, 3.63) is 34.8 Å². The van der Waals surface area contributed by atoms with Crippen LogP contribution in [-0.2, 0) is 0 Å². The number of nitrogens with one attached hydrogen (secondary N) is 1. The second-order valence-electron chi connectivity index (χ2n) is 4.28. The molecule has 3 rings (SSSR count). The van der Waals surface area contributed by atoms with Gasteiger partial charge in [0.15, 0.2) is 11.6 Å². The van der Waals surface area contributed by atoms with Crippen LogP contribution >= 0.6 is 11.3 Å². The Morgan fingerprint density at radius 1 is 1.16 bits per heavy atom. The summed E-state index contributed by atoms with van der Waals surface area (Å²) >= 11 is 1.62. The maximum atomic E-state index is 5.55. The summed E-state index contributed by atoms with van der Waals surface area (Å²) in [5.74, 6) is 6.77. The van der Waals surface area contributed by atoms with Crippen LogP contribution in [0.1, 0.15) is 10.6 Å². The molecular weight excluding hydrogens is 258 g/mol. The Kier molecular flexibility index (Phi) is 2.88. The van der Waals surface area contributed by atoms with Crippen molar-refractivity contribution in [2.45, 2.75) is 13.8 Å². The van der Waals surface area contributed by atoms with E-state index >= 15 is 0 Å². The second-order valence-corrected chi connectivity index (χ2v) is 5.52. The Labute approximate surface area is 114 Å². The lowest BCUT2D eigenvalue weighted by molar-refractivity contribution is 1.13. The molecule has 0 bridgehead atoms. The first-order valence-electron chi connectivity index (χ1n) is 5.86.